The van der Waals surface area contributed by atoms with Crippen molar-refractivity contribution in [3.63, 3.8) is 0 Å². The first-order valence-corrected chi connectivity index (χ1v) is 13.3. The molecule has 4 heterocycles. The number of amides is 2. The van der Waals surface area contributed by atoms with Crippen LogP contribution in [0.3, 0.4) is 0 Å². The van der Waals surface area contributed by atoms with Crippen molar-refractivity contribution in [1.82, 2.24) is 24.7 Å². The molecule has 2 aliphatic rings. The molecule has 5 rings (SSSR count). The number of likely N-dealkylation sites (tertiary alicyclic amines) is 1. The van der Waals surface area contributed by atoms with E-state index in [2.05, 4.69) is 25.5 Å². The zero-order valence-corrected chi connectivity index (χ0v) is 21.4. The van der Waals surface area contributed by atoms with Crippen LogP contribution in [0.5, 0.6) is 5.75 Å². The predicted molar refractivity (Wildman–Crippen MR) is 136 cm³/mol. The van der Waals surface area contributed by atoms with Crippen molar-refractivity contribution < 1.29 is 18.7 Å². The average Bonchev–Trinajstić information content (AvgIpc) is 3.62. The number of carbonyl (C=O) groups excluding carboxylic acids is 2. The minimum atomic E-state index is -0.428. The van der Waals surface area contributed by atoms with Crippen molar-refractivity contribution in [2.45, 2.75) is 12.8 Å². The standard InChI is InChI=1S/C22H28FN7O3S2/c1-28-7-9-30(10-8-28)14(32)12-25-22-27-17-18(33-2)16-19(15(23)20(17)35-22)34-21(26-16)24-11-13(31)29-5-3-4-6-29/h3-12H2,1-2H3,(H,24,26)(H,25,27). The Balaban J connectivity index is 1.32. The largest absolute Gasteiger partial charge is 0.492 e. The lowest BCUT2D eigenvalue weighted by atomic mass is 10.2. The summed E-state index contributed by atoms with van der Waals surface area (Å²) in [6, 6.07) is 0. The number of fused-ring (bicyclic) bond motifs is 2. The summed E-state index contributed by atoms with van der Waals surface area (Å²) in [6.07, 6.45) is 2.06. The van der Waals surface area contributed by atoms with Crippen LogP contribution in [-0.2, 0) is 9.59 Å². The number of methoxy groups -OCH3 is 1. The topological polar surface area (TPSA) is 103 Å². The highest BCUT2D eigenvalue weighted by Crippen LogP contribution is 2.43. The third-order valence-electron chi connectivity index (χ3n) is 6.38. The van der Waals surface area contributed by atoms with Crippen LogP contribution in [0.4, 0.5) is 14.7 Å². The molecular formula is C22H28FN7O3S2. The SMILES string of the molecule is COc1c2nc(NCC(=O)N3CCCC3)sc2c(F)c2sc(NCC(=O)N3CCN(C)CC3)nc12. The van der Waals surface area contributed by atoms with E-state index in [0.29, 0.717) is 49.5 Å². The van der Waals surface area contributed by atoms with Crippen LogP contribution in [0.1, 0.15) is 12.8 Å². The molecule has 2 aliphatic heterocycles. The van der Waals surface area contributed by atoms with Crippen molar-refractivity contribution in [1.29, 1.82) is 0 Å². The van der Waals surface area contributed by atoms with Gasteiger partial charge in [0.25, 0.3) is 0 Å². The molecule has 2 fully saturated rings. The first-order chi connectivity index (χ1) is 16.9. The molecule has 0 spiro atoms. The Morgan fingerprint density at radius 1 is 0.886 bits per heavy atom. The van der Waals surface area contributed by atoms with Gasteiger partial charge < -0.3 is 30.1 Å². The van der Waals surface area contributed by atoms with E-state index in [-0.39, 0.29) is 24.9 Å². The number of carbonyl (C=O) groups is 2. The molecule has 0 aliphatic carbocycles. The molecule has 0 bridgehead atoms. The molecule has 0 radical (unpaired) electrons. The fourth-order valence-electron chi connectivity index (χ4n) is 4.35. The van der Waals surface area contributed by atoms with E-state index < -0.39 is 5.82 Å². The summed E-state index contributed by atoms with van der Waals surface area (Å²) in [6.45, 7) is 4.86. The van der Waals surface area contributed by atoms with Crippen molar-refractivity contribution in [3.8, 4) is 5.75 Å². The van der Waals surface area contributed by atoms with Gasteiger partial charge >= 0.3 is 0 Å². The molecule has 0 atom stereocenters. The summed E-state index contributed by atoms with van der Waals surface area (Å²) in [5.41, 5.74) is 0.728. The van der Waals surface area contributed by atoms with Gasteiger partial charge in [-0.15, -0.1) is 0 Å². The Labute approximate surface area is 210 Å². The molecule has 188 valence electrons. The van der Waals surface area contributed by atoms with E-state index in [0.717, 1.165) is 61.7 Å². The Kier molecular flexibility index (Phi) is 6.89. The lowest BCUT2D eigenvalue weighted by Gasteiger charge is -2.32. The number of ether oxygens (including phenoxy) is 1. The minimum Gasteiger partial charge on any atom is -0.492 e. The number of likely N-dealkylation sites (N-methyl/N-ethyl adjacent to an activating group) is 1. The summed E-state index contributed by atoms with van der Waals surface area (Å²) < 4.78 is 21.7. The minimum absolute atomic E-state index is 0.00774. The van der Waals surface area contributed by atoms with Crippen LogP contribution in [0.25, 0.3) is 20.4 Å². The van der Waals surface area contributed by atoms with Crippen molar-refractivity contribution in [2.24, 2.45) is 0 Å². The highest BCUT2D eigenvalue weighted by atomic mass is 32.1. The molecule has 10 nitrogen and oxygen atoms in total. The van der Waals surface area contributed by atoms with Gasteiger partial charge in [-0.1, -0.05) is 22.7 Å². The molecule has 1 aromatic carbocycles. The first kappa shape index (κ1) is 23.9. The smallest absolute Gasteiger partial charge is 0.242 e. The molecule has 2 aromatic heterocycles. The van der Waals surface area contributed by atoms with E-state index in [1.165, 1.54) is 7.11 Å². The normalized spacial score (nSPS) is 16.9. The Bertz CT molecular complexity index is 1250. The fraction of sp³-hybridized carbons (Fsp3) is 0.545. The second kappa shape index (κ2) is 10.1. The van der Waals surface area contributed by atoms with Gasteiger partial charge in [-0.3, -0.25) is 9.59 Å². The molecule has 2 N–H and O–H groups in total. The monoisotopic (exact) mass is 521 g/mol. The second-order valence-corrected chi connectivity index (χ2v) is 10.7. The van der Waals surface area contributed by atoms with Gasteiger partial charge in [0.1, 0.15) is 11.0 Å². The van der Waals surface area contributed by atoms with Crippen LogP contribution < -0.4 is 15.4 Å². The molecule has 0 unspecified atom stereocenters. The van der Waals surface area contributed by atoms with E-state index in [9.17, 15) is 9.59 Å². The van der Waals surface area contributed by atoms with Crippen LogP contribution in [-0.4, -0.2) is 103 Å². The lowest BCUT2D eigenvalue weighted by molar-refractivity contribution is -0.131. The first-order valence-electron chi connectivity index (χ1n) is 11.6. The average molecular weight is 522 g/mol. The summed E-state index contributed by atoms with van der Waals surface area (Å²) in [7, 11) is 3.54. The van der Waals surface area contributed by atoms with Crippen LogP contribution >= 0.6 is 22.7 Å². The number of thiazole rings is 2. The Morgan fingerprint density at radius 2 is 1.37 bits per heavy atom. The summed E-state index contributed by atoms with van der Waals surface area (Å²) in [5.74, 6) is -0.0465. The maximum absolute atomic E-state index is 15.5. The number of anilines is 2. The zero-order chi connectivity index (χ0) is 24.5. The molecular weight excluding hydrogens is 493 g/mol. The summed E-state index contributed by atoms with van der Waals surface area (Å²) >= 11 is 2.29. The number of benzene rings is 1. The molecule has 2 amide bonds. The second-order valence-electron chi connectivity index (χ2n) is 8.72. The van der Waals surface area contributed by atoms with E-state index in [1.807, 2.05) is 16.8 Å². The van der Waals surface area contributed by atoms with Gasteiger partial charge in [0.05, 0.1) is 29.6 Å². The van der Waals surface area contributed by atoms with Gasteiger partial charge in [-0.25, -0.2) is 14.4 Å². The molecule has 13 heteroatoms. The zero-order valence-electron chi connectivity index (χ0n) is 19.7. The number of aromatic nitrogens is 2. The summed E-state index contributed by atoms with van der Waals surface area (Å²) in [5, 5.41) is 6.99. The number of hydrogen-bond donors (Lipinski definition) is 2. The Hall–Kier alpha value is -2.77. The van der Waals surface area contributed by atoms with E-state index >= 15 is 4.39 Å². The van der Waals surface area contributed by atoms with Crippen molar-refractivity contribution >= 4 is 65.2 Å². The number of nitrogens with zero attached hydrogens (tertiary/aromatic N) is 5. The lowest BCUT2D eigenvalue weighted by Crippen LogP contribution is -2.48. The Morgan fingerprint density at radius 3 is 1.86 bits per heavy atom. The van der Waals surface area contributed by atoms with Gasteiger partial charge in [-0.05, 0) is 19.9 Å². The predicted octanol–water partition coefficient (Wildman–Crippen LogP) is 2.27. The summed E-state index contributed by atoms with van der Waals surface area (Å²) in [4.78, 5) is 39.7. The maximum Gasteiger partial charge on any atom is 0.242 e. The number of halogens is 1. The number of piperazine rings is 1. The third kappa shape index (κ3) is 4.84. The molecule has 35 heavy (non-hydrogen) atoms. The van der Waals surface area contributed by atoms with Crippen LogP contribution in [0.15, 0.2) is 0 Å². The van der Waals surface area contributed by atoms with E-state index in [1.54, 1.807) is 0 Å². The molecule has 0 saturated carbocycles. The highest BCUT2D eigenvalue weighted by Gasteiger charge is 2.25. The van der Waals surface area contributed by atoms with Crippen molar-refractivity contribution in [3.05, 3.63) is 5.82 Å². The quantitative estimate of drug-likeness (QED) is 0.488. The molecule has 2 saturated heterocycles. The van der Waals surface area contributed by atoms with Gasteiger partial charge in [0.2, 0.25) is 11.8 Å². The fourth-order valence-corrected chi connectivity index (χ4v) is 6.22. The number of nitrogens with one attached hydrogen (secondary N) is 2. The number of hydrogen-bond acceptors (Lipinski definition) is 10. The highest BCUT2D eigenvalue weighted by molar-refractivity contribution is 7.24. The van der Waals surface area contributed by atoms with Gasteiger partial charge in [-0.2, -0.15) is 0 Å². The van der Waals surface area contributed by atoms with Gasteiger partial charge in [0.15, 0.2) is 21.8 Å². The third-order valence-corrected chi connectivity index (χ3v) is 8.40. The van der Waals surface area contributed by atoms with Crippen LogP contribution in [0, 0.1) is 5.82 Å². The maximum atomic E-state index is 15.5. The molecule has 3 aromatic rings. The van der Waals surface area contributed by atoms with Gasteiger partial charge in [0, 0.05) is 39.3 Å². The number of rotatable bonds is 7. The van der Waals surface area contributed by atoms with E-state index in [4.69, 9.17) is 4.74 Å². The van der Waals surface area contributed by atoms with Crippen molar-refractivity contribution in [2.75, 3.05) is 77.1 Å². The van der Waals surface area contributed by atoms with Crippen LogP contribution in [0.2, 0.25) is 0 Å².